The molecule has 0 radical (unpaired) electrons. The molecule has 0 amide bonds. The first-order valence-corrected chi connectivity index (χ1v) is 12.0. The smallest absolute Gasteiger partial charge is 0.137 e. The fraction of sp³-hybridized carbons (Fsp3) is 0.385. The maximum absolute atomic E-state index is 10.6. The van der Waals surface area contributed by atoms with Gasteiger partial charge >= 0.3 is 0 Å². The zero-order valence-electron chi connectivity index (χ0n) is 18.4. The van der Waals surface area contributed by atoms with Gasteiger partial charge in [-0.1, -0.05) is 31.2 Å². The largest absolute Gasteiger partial charge is 0.490 e. The number of benzene rings is 2. The maximum atomic E-state index is 10.6. The van der Waals surface area contributed by atoms with E-state index in [1.807, 2.05) is 35.6 Å². The van der Waals surface area contributed by atoms with Crippen molar-refractivity contribution in [3.8, 4) is 5.75 Å². The summed E-state index contributed by atoms with van der Waals surface area (Å²) in [6, 6.07) is 16.5. The van der Waals surface area contributed by atoms with Crippen LogP contribution >= 0.6 is 11.3 Å². The Bertz CT molecular complexity index is 1160. The van der Waals surface area contributed by atoms with Crippen molar-refractivity contribution in [1.29, 1.82) is 0 Å². The van der Waals surface area contributed by atoms with E-state index in [-0.39, 0.29) is 5.48 Å². The van der Waals surface area contributed by atoms with Crippen LogP contribution in [0, 0.1) is 0 Å². The number of aliphatic hydroxyl groups excluding tert-OH is 1. The van der Waals surface area contributed by atoms with Gasteiger partial charge in [0.05, 0.1) is 11.6 Å². The molecular formula is C26H31NO4S. The lowest BCUT2D eigenvalue weighted by Gasteiger charge is -2.33. The van der Waals surface area contributed by atoms with Gasteiger partial charge in [0.15, 0.2) is 0 Å². The minimum atomic E-state index is -0.505. The molecule has 4 aromatic rings. The van der Waals surface area contributed by atoms with E-state index in [1.165, 1.54) is 10.1 Å². The predicted octanol–water partition coefficient (Wildman–Crippen LogP) is 5.00. The van der Waals surface area contributed by atoms with Crippen molar-refractivity contribution in [1.82, 2.24) is 4.90 Å². The highest BCUT2D eigenvalue weighted by Gasteiger charge is 2.26. The van der Waals surface area contributed by atoms with Crippen LogP contribution in [0.3, 0.4) is 0 Å². The van der Waals surface area contributed by atoms with Gasteiger partial charge in [0.2, 0.25) is 0 Å². The Hall–Kier alpha value is -2.38. The number of aliphatic hydroxyl groups is 1. The van der Waals surface area contributed by atoms with E-state index in [0.29, 0.717) is 19.1 Å². The second-order valence-corrected chi connectivity index (χ2v) is 9.51. The van der Waals surface area contributed by atoms with Crippen LogP contribution in [0.15, 0.2) is 59.2 Å². The van der Waals surface area contributed by atoms with Gasteiger partial charge in [-0.15, -0.1) is 11.3 Å². The fourth-order valence-corrected chi connectivity index (χ4v) is 6.28. The van der Waals surface area contributed by atoms with E-state index in [2.05, 4.69) is 36.1 Å². The van der Waals surface area contributed by atoms with Gasteiger partial charge in [0.1, 0.15) is 24.0 Å². The molecular weight excluding hydrogens is 422 g/mol. The Labute approximate surface area is 192 Å². The molecule has 5 nitrogen and oxygen atoms in total. The Kier molecular flexibility index (Phi) is 7.16. The van der Waals surface area contributed by atoms with Crippen molar-refractivity contribution in [3.63, 3.8) is 0 Å². The third kappa shape index (κ3) is 4.55. The summed E-state index contributed by atoms with van der Waals surface area (Å²) in [5.74, 6) is 1.40. The number of hydrogen-bond acceptors (Lipinski definition) is 5. The number of rotatable bonds is 7. The quantitative estimate of drug-likeness (QED) is 0.427. The molecule has 0 saturated carbocycles. The van der Waals surface area contributed by atoms with Crippen LogP contribution in [0.1, 0.15) is 36.1 Å². The first kappa shape index (κ1) is 22.8. The highest BCUT2D eigenvalue weighted by atomic mass is 32.1. The molecule has 1 saturated heterocycles. The number of aryl methyl sites for hydroxylation is 1. The molecule has 3 heterocycles. The summed E-state index contributed by atoms with van der Waals surface area (Å²) >= 11 is 1.98. The van der Waals surface area contributed by atoms with Crippen molar-refractivity contribution in [3.05, 3.63) is 65.2 Å². The van der Waals surface area contributed by atoms with Crippen LogP contribution in [-0.2, 0) is 6.42 Å². The van der Waals surface area contributed by atoms with Gasteiger partial charge in [-0.05, 0) is 73.5 Å². The SMILES string of the molecule is CCc1c(C2CCN(C[C@H](O)COc3cccc4occc34)CC2)sc2ccccc12.O. The topological polar surface area (TPSA) is 77.3 Å². The van der Waals surface area contributed by atoms with Gasteiger partial charge in [-0.3, -0.25) is 0 Å². The van der Waals surface area contributed by atoms with Gasteiger partial charge in [0.25, 0.3) is 0 Å². The molecule has 0 unspecified atom stereocenters. The van der Waals surface area contributed by atoms with E-state index in [1.54, 1.807) is 16.7 Å². The molecule has 1 fully saturated rings. The van der Waals surface area contributed by atoms with Gasteiger partial charge in [-0.2, -0.15) is 0 Å². The molecule has 1 aliphatic heterocycles. The van der Waals surface area contributed by atoms with Crippen molar-refractivity contribution >= 4 is 32.4 Å². The molecule has 0 bridgehead atoms. The zero-order valence-corrected chi connectivity index (χ0v) is 19.2. The number of hydrogen-bond donors (Lipinski definition) is 1. The van der Waals surface area contributed by atoms with Crippen LogP contribution in [0.2, 0.25) is 0 Å². The minimum absolute atomic E-state index is 0. The third-order valence-corrected chi connectivity index (χ3v) is 7.77. The average molecular weight is 454 g/mol. The number of ether oxygens (including phenoxy) is 1. The lowest BCUT2D eigenvalue weighted by molar-refractivity contribution is 0.0600. The molecule has 170 valence electrons. The first-order chi connectivity index (χ1) is 15.2. The summed E-state index contributed by atoms with van der Waals surface area (Å²) in [6.07, 6.45) is 4.57. The molecule has 1 aliphatic rings. The van der Waals surface area contributed by atoms with Crippen molar-refractivity contribution < 1.29 is 19.7 Å². The monoisotopic (exact) mass is 453 g/mol. The van der Waals surface area contributed by atoms with Crippen molar-refractivity contribution in [2.45, 2.75) is 38.2 Å². The molecule has 1 atom stereocenters. The summed E-state index contributed by atoms with van der Waals surface area (Å²) in [5.41, 5.74) is 2.35. The molecule has 5 rings (SSSR count). The zero-order chi connectivity index (χ0) is 21.2. The van der Waals surface area contributed by atoms with E-state index < -0.39 is 6.10 Å². The molecule has 0 spiro atoms. The first-order valence-electron chi connectivity index (χ1n) is 11.2. The number of β-amino-alcohol motifs (C(OH)–C–C–N with tert-alkyl or cyclic N) is 1. The molecule has 0 aliphatic carbocycles. The highest BCUT2D eigenvalue weighted by Crippen LogP contribution is 2.40. The van der Waals surface area contributed by atoms with Crippen LogP contribution in [0.5, 0.6) is 5.75 Å². The summed E-state index contributed by atoms with van der Waals surface area (Å²) in [5, 5.41) is 12.9. The summed E-state index contributed by atoms with van der Waals surface area (Å²) in [7, 11) is 0. The number of piperidine rings is 1. The molecule has 32 heavy (non-hydrogen) atoms. The Morgan fingerprint density at radius 2 is 1.91 bits per heavy atom. The van der Waals surface area contributed by atoms with Crippen LogP contribution in [0.25, 0.3) is 21.1 Å². The number of nitrogens with zero attached hydrogens (tertiary/aromatic N) is 1. The van der Waals surface area contributed by atoms with Crippen LogP contribution in [0.4, 0.5) is 0 Å². The average Bonchev–Trinajstić information content (AvgIpc) is 3.43. The van der Waals surface area contributed by atoms with Crippen LogP contribution in [-0.4, -0.2) is 47.8 Å². The van der Waals surface area contributed by atoms with Gasteiger partial charge < -0.3 is 24.6 Å². The lowest BCUT2D eigenvalue weighted by Crippen LogP contribution is -2.40. The van der Waals surface area contributed by atoms with Crippen molar-refractivity contribution in [2.24, 2.45) is 0 Å². The second kappa shape index (κ2) is 10.0. The summed E-state index contributed by atoms with van der Waals surface area (Å²) in [4.78, 5) is 3.96. The molecule has 2 aromatic heterocycles. The molecule has 6 heteroatoms. The van der Waals surface area contributed by atoms with E-state index >= 15 is 0 Å². The summed E-state index contributed by atoms with van der Waals surface area (Å²) < 4.78 is 12.7. The molecule has 2 aromatic carbocycles. The third-order valence-electron chi connectivity index (χ3n) is 6.40. The second-order valence-electron chi connectivity index (χ2n) is 8.42. The Morgan fingerprint density at radius 1 is 1.09 bits per heavy atom. The summed E-state index contributed by atoms with van der Waals surface area (Å²) in [6.45, 7) is 5.27. The standard InChI is InChI=1S/C26H29NO3S.H2O/c1-2-20-21-6-3-4-9-25(21)31-26(20)18-10-13-27(14-11-18)16-19(28)17-30-24-8-5-7-23-22(24)12-15-29-23;/h3-9,12,15,18-19,28H,2,10-11,13-14,16-17H2,1H3;1H2/t19-;/m0./s1. The van der Waals surface area contributed by atoms with Crippen molar-refractivity contribution in [2.75, 3.05) is 26.2 Å². The van der Waals surface area contributed by atoms with Gasteiger partial charge in [0, 0.05) is 16.1 Å². The number of fused-ring (bicyclic) bond motifs is 2. The van der Waals surface area contributed by atoms with Crippen LogP contribution < -0.4 is 4.74 Å². The Balaban J connectivity index is 0.00000245. The van der Waals surface area contributed by atoms with E-state index in [4.69, 9.17) is 9.15 Å². The highest BCUT2D eigenvalue weighted by molar-refractivity contribution is 7.19. The fourth-order valence-electron chi connectivity index (χ4n) is 4.82. The molecule has 3 N–H and O–H groups in total. The van der Waals surface area contributed by atoms with E-state index in [9.17, 15) is 5.11 Å². The minimum Gasteiger partial charge on any atom is -0.490 e. The number of likely N-dealkylation sites (tertiary alicyclic amines) is 1. The number of furan rings is 1. The normalized spacial score (nSPS) is 16.3. The lowest BCUT2D eigenvalue weighted by atomic mass is 9.91. The van der Waals surface area contributed by atoms with E-state index in [0.717, 1.165) is 49.1 Å². The van der Waals surface area contributed by atoms with Gasteiger partial charge in [-0.25, -0.2) is 0 Å². The predicted molar refractivity (Wildman–Crippen MR) is 131 cm³/mol. The number of thiophene rings is 1. The Morgan fingerprint density at radius 3 is 2.72 bits per heavy atom. The maximum Gasteiger partial charge on any atom is 0.137 e.